The highest BCUT2D eigenvalue weighted by Gasteiger charge is 2.38. The summed E-state index contributed by atoms with van der Waals surface area (Å²) in [7, 11) is 0. The molecule has 0 fully saturated rings. The summed E-state index contributed by atoms with van der Waals surface area (Å²) in [5.74, 6) is -0.0955. The van der Waals surface area contributed by atoms with Gasteiger partial charge >= 0.3 is 5.97 Å². The molecule has 0 saturated carbocycles. The Morgan fingerprint density at radius 2 is 2.08 bits per heavy atom. The van der Waals surface area contributed by atoms with Crippen molar-refractivity contribution < 1.29 is 14.6 Å². The molecule has 0 spiro atoms. The molecule has 3 aromatic rings. The predicted molar refractivity (Wildman–Crippen MR) is 142 cm³/mol. The molecule has 37 heavy (non-hydrogen) atoms. The molecule has 8 nitrogen and oxygen atoms in total. The lowest BCUT2D eigenvalue weighted by Gasteiger charge is -2.32. The van der Waals surface area contributed by atoms with Crippen molar-refractivity contribution in [2.24, 2.45) is 5.41 Å². The summed E-state index contributed by atoms with van der Waals surface area (Å²) in [6.07, 6.45) is 7.95. The lowest BCUT2D eigenvalue weighted by molar-refractivity contribution is -0.148. The molecule has 1 aromatic carbocycles. The Morgan fingerprint density at radius 3 is 2.78 bits per heavy atom. The molecule has 3 heterocycles. The van der Waals surface area contributed by atoms with Gasteiger partial charge < -0.3 is 9.84 Å². The Kier molecular flexibility index (Phi) is 8.27. The van der Waals surface area contributed by atoms with Gasteiger partial charge in [-0.3, -0.25) is 19.4 Å². The number of aliphatic carboxylic acids is 1. The van der Waals surface area contributed by atoms with Gasteiger partial charge in [0.05, 0.1) is 17.3 Å². The molecule has 198 valence electrons. The number of nitrogens with zero attached hydrogens (tertiary/aromatic N) is 5. The number of ether oxygens (including phenoxy) is 1. The van der Waals surface area contributed by atoms with E-state index in [2.05, 4.69) is 52.2 Å². The van der Waals surface area contributed by atoms with Gasteiger partial charge in [-0.1, -0.05) is 30.3 Å². The molecule has 2 atom stereocenters. The molecule has 1 N–H and O–H groups in total. The fraction of sp³-hybridized carbons (Fsp3) is 0.517. The summed E-state index contributed by atoms with van der Waals surface area (Å²) in [5.41, 5.74) is 4.58. The van der Waals surface area contributed by atoms with Crippen LogP contribution in [-0.4, -0.2) is 48.6 Å². The van der Waals surface area contributed by atoms with E-state index in [1.807, 2.05) is 45.4 Å². The van der Waals surface area contributed by atoms with Crippen LogP contribution in [-0.2, 0) is 30.8 Å². The second kappa shape index (κ2) is 11.4. The van der Waals surface area contributed by atoms with Gasteiger partial charge in [0.1, 0.15) is 11.9 Å². The third-order valence-corrected chi connectivity index (χ3v) is 7.67. The lowest BCUT2D eigenvalue weighted by atomic mass is 9.72. The van der Waals surface area contributed by atoms with Crippen LogP contribution in [0.4, 0.5) is 0 Å². The van der Waals surface area contributed by atoms with E-state index in [0.29, 0.717) is 12.8 Å². The zero-order chi connectivity index (χ0) is 26.6. The van der Waals surface area contributed by atoms with E-state index in [0.717, 1.165) is 55.2 Å². The quantitative estimate of drug-likeness (QED) is 0.414. The summed E-state index contributed by atoms with van der Waals surface area (Å²) in [4.78, 5) is 19.0. The van der Waals surface area contributed by atoms with Crippen LogP contribution in [0.5, 0.6) is 5.75 Å². The second-order valence-corrected chi connectivity index (χ2v) is 10.7. The maximum Gasteiger partial charge on any atom is 0.309 e. The molecule has 2 unspecified atom stereocenters. The number of aryl methyl sites for hydroxylation is 3. The van der Waals surface area contributed by atoms with Crippen molar-refractivity contribution in [1.29, 1.82) is 0 Å². The summed E-state index contributed by atoms with van der Waals surface area (Å²) >= 11 is 0. The largest absolute Gasteiger partial charge is 0.487 e. The van der Waals surface area contributed by atoms with Crippen LogP contribution in [0.15, 0.2) is 42.9 Å². The number of hydrogen-bond acceptors (Lipinski definition) is 6. The molecule has 8 heteroatoms. The smallest absolute Gasteiger partial charge is 0.309 e. The summed E-state index contributed by atoms with van der Waals surface area (Å²) in [6.45, 7) is 13.1. The highest BCUT2D eigenvalue weighted by Crippen LogP contribution is 2.40. The number of fused-ring (bicyclic) bond motifs is 1. The fourth-order valence-corrected chi connectivity index (χ4v) is 5.10. The first-order chi connectivity index (χ1) is 17.7. The van der Waals surface area contributed by atoms with Crippen molar-refractivity contribution >= 4 is 5.97 Å². The second-order valence-electron chi connectivity index (χ2n) is 10.7. The number of carboxylic acid groups (broad SMARTS) is 1. The fourth-order valence-electron chi connectivity index (χ4n) is 5.10. The molecule has 1 aliphatic heterocycles. The van der Waals surface area contributed by atoms with Gasteiger partial charge in [-0.15, -0.1) is 5.10 Å². The monoisotopic (exact) mass is 505 g/mol. The van der Waals surface area contributed by atoms with E-state index in [1.165, 1.54) is 11.1 Å². The molecular weight excluding hydrogens is 466 g/mol. The third kappa shape index (κ3) is 6.18. The average molecular weight is 506 g/mol. The predicted octanol–water partition coefficient (Wildman–Crippen LogP) is 5.00. The van der Waals surface area contributed by atoms with Gasteiger partial charge in [-0.25, -0.2) is 0 Å². The van der Waals surface area contributed by atoms with E-state index in [4.69, 9.17) is 4.74 Å². The zero-order valence-corrected chi connectivity index (χ0v) is 22.6. The minimum atomic E-state index is -0.928. The first kappa shape index (κ1) is 26.8. The topological polar surface area (TPSA) is 93.4 Å². The van der Waals surface area contributed by atoms with E-state index in [9.17, 15) is 9.90 Å². The van der Waals surface area contributed by atoms with Crippen molar-refractivity contribution in [2.75, 3.05) is 6.54 Å². The maximum atomic E-state index is 12.3. The molecule has 0 amide bonds. The molecule has 0 saturated heterocycles. The van der Waals surface area contributed by atoms with Crippen molar-refractivity contribution in [3.05, 3.63) is 70.8 Å². The molecule has 4 rings (SSSR count). The Morgan fingerprint density at radius 1 is 1.27 bits per heavy atom. The summed E-state index contributed by atoms with van der Waals surface area (Å²) in [5, 5.41) is 18.5. The van der Waals surface area contributed by atoms with Crippen LogP contribution in [0.2, 0.25) is 0 Å². The van der Waals surface area contributed by atoms with Gasteiger partial charge in [0.15, 0.2) is 0 Å². The van der Waals surface area contributed by atoms with Crippen molar-refractivity contribution in [2.45, 2.75) is 85.5 Å². The van der Waals surface area contributed by atoms with Gasteiger partial charge in [-0.2, -0.15) is 0 Å². The first-order valence-electron chi connectivity index (χ1n) is 13.2. The maximum absolute atomic E-state index is 12.3. The molecule has 1 aliphatic rings. The van der Waals surface area contributed by atoms with Crippen LogP contribution in [0, 0.1) is 12.3 Å². The van der Waals surface area contributed by atoms with E-state index >= 15 is 0 Å². The van der Waals surface area contributed by atoms with Crippen LogP contribution in [0.3, 0.4) is 0 Å². The Labute approximate surface area is 219 Å². The standard InChI is InChI=1S/C29H39N5O3/c1-6-25-19-33(16-22-12-13-30-15-27(22)37-25)17-23-14-21(9-8-20(23)3)26(29(4,5)28(35)36)11-10-24-18-34(7-2)32-31-24/h8-9,12-15,18,25-26H,6-7,10-11,16-17,19H2,1-5H3,(H,35,36). The molecule has 2 aromatic heterocycles. The number of carbonyl (C=O) groups is 1. The minimum absolute atomic E-state index is 0.101. The van der Waals surface area contributed by atoms with Crippen LogP contribution in [0.1, 0.15) is 74.4 Å². The molecule has 0 aliphatic carbocycles. The van der Waals surface area contributed by atoms with Crippen molar-refractivity contribution in [3.63, 3.8) is 0 Å². The minimum Gasteiger partial charge on any atom is -0.487 e. The Hall–Kier alpha value is -3.26. The summed E-state index contributed by atoms with van der Waals surface area (Å²) in [6, 6.07) is 8.47. The Bertz CT molecular complexity index is 1220. The van der Waals surface area contributed by atoms with Crippen LogP contribution in [0.25, 0.3) is 0 Å². The molecular formula is C29H39N5O3. The number of benzene rings is 1. The van der Waals surface area contributed by atoms with Crippen LogP contribution < -0.4 is 4.74 Å². The van der Waals surface area contributed by atoms with E-state index < -0.39 is 11.4 Å². The average Bonchev–Trinajstić information content (AvgIpc) is 3.26. The van der Waals surface area contributed by atoms with Gasteiger partial charge in [0.2, 0.25) is 0 Å². The third-order valence-electron chi connectivity index (χ3n) is 7.67. The van der Waals surface area contributed by atoms with E-state index in [1.54, 1.807) is 4.68 Å². The first-order valence-corrected chi connectivity index (χ1v) is 13.2. The van der Waals surface area contributed by atoms with Crippen LogP contribution >= 0.6 is 0 Å². The molecule has 0 bridgehead atoms. The number of hydrogen-bond donors (Lipinski definition) is 1. The van der Waals surface area contributed by atoms with Gasteiger partial charge in [0.25, 0.3) is 0 Å². The highest BCUT2D eigenvalue weighted by atomic mass is 16.5. The van der Waals surface area contributed by atoms with Crippen molar-refractivity contribution in [1.82, 2.24) is 24.9 Å². The number of rotatable bonds is 10. The molecule has 0 radical (unpaired) electrons. The lowest BCUT2D eigenvalue weighted by Crippen LogP contribution is -2.33. The highest BCUT2D eigenvalue weighted by molar-refractivity contribution is 5.75. The zero-order valence-electron chi connectivity index (χ0n) is 22.6. The normalized spacial score (nSPS) is 17.1. The number of pyridine rings is 1. The number of carboxylic acids is 1. The SMILES string of the molecule is CCC1CN(Cc2cc(C(CCc3cn(CC)nn3)C(C)(C)C(=O)O)ccc2C)Cc2ccncc2O1. The van der Waals surface area contributed by atoms with Crippen molar-refractivity contribution in [3.8, 4) is 5.75 Å². The van der Waals surface area contributed by atoms with Gasteiger partial charge in [0, 0.05) is 44.1 Å². The summed E-state index contributed by atoms with van der Waals surface area (Å²) < 4.78 is 8.04. The van der Waals surface area contributed by atoms with E-state index in [-0.39, 0.29) is 12.0 Å². The van der Waals surface area contributed by atoms with Gasteiger partial charge in [-0.05, 0) is 75.6 Å². The Balaban J connectivity index is 1.60. The number of aromatic nitrogens is 4.